The van der Waals surface area contributed by atoms with E-state index in [1.165, 1.54) is 0 Å². The maximum atomic E-state index is 8.33. The number of rotatable bonds is 5. The molecular formula is C11H13NO2. The van der Waals surface area contributed by atoms with E-state index in [1.807, 2.05) is 30.3 Å². The quantitative estimate of drug-likeness (QED) is 0.669. The average Bonchev–Trinajstić information content (AvgIpc) is 2.19. The van der Waals surface area contributed by atoms with Crippen LogP contribution in [-0.2, 0) is 11.3 Å². The number of nitrogens with zero attached hydrogens (tertiary/aromatic N) is 1. The first kappa shape index (κ1) is 10.6. The lowest BCUT2D eigenvalue weighted by Crippen LogP contribution is -1.96. The summed E-state index contributed by atoms with van der Waals surface area (Å²) in [4.78, 5) is 0. The second-order valence-electron chi connectivity index (χ2n) is 2.84. The Bertz CT molecular complexity index is 317. The van der Waals surface area contributed by atoms with Gasteiger partial charge in [0.1, 0.15) is 12.4 Å². The molecule has 3 nitrogen and oxygen atoms in total. The van der Waals surface area contributed by atoms with Gasteiger partial charge in [0.15, 0.2) is 0 Å². The van der Waals surface area contributed by atoms with Crippen LogP contribution >= 0.6 is 0 Å². The highest BCUT2D eigenvalue weighted by Crippen LogP contribution is 2.13. The van der Waals surface area contributed by atoms with Gasteiger partial charge in [0.2, 0.25) is 0 Å². The van der Waals surface area contributed by atoms with Gasteiger partial charge in [0.05, 0.1) is 19.1 Å². The first-order valence-corrected chi connectivity index (χ1v) is 4.44. The molecule has 0 saturated carbocycles. The van der Waals surface area contributed by atoms with Crippen molar-refractivity contribution < 1.29 is 9.47 Å². The molecular weight excluding hydrogens is 178 g/mol. The van der Waals surface area contributed by atoms with Crippen molar-refractivity contribution in [1.29, 1.82) is 5.26 Å². The maximum Gasteiger partial charge on any atom is 0.119 e. The number of hydrogen-bond acceptors (Lipinski definition) is 3. The van der Waals surface area contributed by atoms with Gasteiger partial charge in [-0.25, -0.2) is 0 Å². The molecule has 0 aromatic heterocycles. The van der Waals surface area contributed by atoms with Crippen molar-refractivity contribution in [3.63, 3.8) is 0 Å². The van der Waals surface area contributed by atoms with Crippen molar-refractivity contribution in [3.8, 4) is 11.8 Å². The molecule has 0 N–H and O–H groups in total. The summed E-state index contributed by atoms with van der Waals surface area (Å²) in [5.74, 6) is 0.787. The highest BCUT2D eigenvalue weighted by atomic mass is 16.5. The van der Waals surface area contributed by atoms with Gasteiger partial charge in [0, 0.05) is 7.11 Å². The fourth-order valence-corrected chi connectivity index (χ4v) is 1.11. The Morgan fingerprint density at radius 2 is 2.29 bits per heavy atom. The Hall–Kier alpha value is -1.53. The zero-order valence-electron chi connectivity index (χ0n) is 8.19. The minimum absolute atomic E-state index is 0.411. The van der Waals surface area contributed by atoms with Crippen LogP contribution in [0.4, 0.5) is 0 Å². The fraction of sp³-hybridized carbons (Fsp3) is 0.364. The SMILES string of the molecule is COCc1cccc(OCCC#N)c1. The lowest BCUT2D eigenvalue weighted by atomic mass is 10.2. The molecule has 0 atom stereocenters. The molecule has 0 saturated heterocycles. The largest absolute Gasteiger partial charge is 0.493 e. The number of nitriles is 1. The fourth-order valence-electron chi connectivity index (χ4n) is 1.11. The third-order valence-electron chi connectivity index (χ3n) is 1.69. The summed E-state index contributed by atoms with van der Waals surface area (Å²) >= 11 is 0. The van der Waals surface area contributed by atoms with Crippen molar-refractivity contribution in [3.05, 3.63) is 29.8 Å². The summed E-state index contributed by atoms with van der Waals surface area (Å²) in [6.07, 6.45) is 0.411. The molecule has 0 fully saturated rings. The molecule has 0 aliphatic rings. The molecule has 0 aliphatic carbocycles. The number of hydrogen-bond donors (Lipinski definition) is 0. The lowest BCUT2D eigenvalue weighted by molar-refractivity contribution is 0.184. The van der Waals surface area contributed by atoms with Crippen LogP contribution in [0.25, 0.3) is 0 Å². The molecule has 0 spiro atoms. The molecule has 1 aromatic carbocycles. The van der Waals surface area contributed by atoms with Gasteiger partial charge in [0.25, 0.3) is 0 Å². The second kappa shape index (κ2) is 6.01. The number of methoxy groups -OCH3 is 1. The Morgan fingerprint density at radius 1 is 1.43 bits per heavy atom. The minimum atomic E-state index is 0.411. The van der Waals surface area contributed by atoms with E-state index in [-0.39, 0.29) is 0 Å². The number of ether oxygens (including phenoxy) is 2. The van der Waals surface area contributed by atoms with E-state index in [0.29, 0.717) is 19.6 Å². The summed E-state index contributed by atoms with van der Waals surface area (Å²) < 4.78 is 10.4. The molecule has 0 unspecified atom stereocenters. The van der Waals surface area contributed by atoms with Gasteiger partial charge in [-0.15, -0.1) is 0 Å². The normalized spacial score (nSPS) is 9.43. The predicted octanol–water partition coefficient (Wildman–Crippen LogP) is 2.13. The first-order chi connectivity index (χ1) is 6.86. The van der Waals surface area contributed by atoms with Crippen molar-refractivity contribution in [2.24, 2.45) is 0 Å². The van der Waals surface area contributed by atoms with Gasteiger partial charge in [-0.2, -0.15) is 5.26 Å². The molecule has 3 heteroatoms. The molecule has 1 rings (SSSR count). The first-order valence-electron chi connectivity index (χ1n) is 4.44. The zero-order valence-corrected chi connectivity index (χ0v) is 8.19. The third-order valence-corrected chi connectivity index (χ3v) is 1.69. The topological polar surface area (TPSA) is 42.2 Å². The maximum absolute atomic E-state index is 8.33. The summed E-state index contributed by atoms with van der Waals surface area (Å²) in [6.45, 7) is 1.02. The molecule has 0 aliphatic heterocycles. The van der Waals surface area contributed by atoms with E-state index in [4.69, 9.17) is 14.7 Å². The van der Waals surface area contributed by atoms with Crippen LogP contribution < -0.4 is 4.74 Å². The average molecular weight is 191 g/mol. The zero-order chi connectivity index (χ0) is 10.2. The Kier molecular flexibility index (Phi) is 4.53. The Balaban J connectivity index is 2.51. The third kappa shape index (κ3) is 3.46. The standard InChI is InChI=1S/C11H13NO2/c1-13-9-10-4-2-5-11(8-10)14-7-3-6-12/h2,4-5,8H,3,7,9H2,1H3. The molecule has 0 heterocycles. The van der Waals surface area contributed by atoms with Gasteiger partial charge < -0.3 is 9.47 Å². The Morgan fingerprint density at radius 3 is 3.00 bits per heavy atom. The summed E-state index contributed by atoms with van der Waals surface area (Å²) in [5, 5.41) is 8.33. The van der Waals surface area contributed by atoms with Crippen LogP contribution in [0.2, 0.25) is 0 Å². The van der Waals surface area contributed by atoms with Gasteiger partial charge >= 0.3 is 0 Å². The minimum Gasteiger partial charge on any atom is -0.493 e. The van der Waals surface area contributed by atoms with Crippen LogP contribution in [0.3, 0.4) is 0 Å². The van der Waals surface area contributed by atoms with Crippen molar-refractivity contribution in [1.82, 2.24) is 0 Å². The van der Waals surface area contributed by atoms with E-state index in [2.05, 4.69) is 0 Å². The molecule has 74 valence electrons. The van der Waals surface area contributed by atoms with Crippen molar-refractivity contribution >= 4 is 0 Å². The van der Waals surface area contributed by atoms with Crippen LogP contribution in [0.15, 0.2) is 24.3 Å². The summed E-state index contributed by atoms with van der Waals surface area (Å²) in [5.41, 5.74) is 1.07. The van der Waals surface area contributed by atoms with Crippen molar-refractivity contribution in [2.45, 2.75) is 13.0 Å². The van der Waals surface area contributed by atoms with Gasteiger partial charge in [-0.05, 0) is 17.7 Å². The summed E-state index contributed by atoms with van der Waals surface area (Å²) in [7, 11) is 1.66. The van der Waals surface area contributed by atoms with Gasteiger partial charge in [-0.3, -0.25) is 0 Å². The molecule has 0 amide bonds. The molecule has 1 aromatic rings. The van der Waals surface area contributed by atoms with Crippen molar-refractivity contribution in [2.75, 3.05) is 13.7 Å². The monoisotopic (exact) mass is 191 g/mol. The van der Waals surface area contributed by atoms with Gasteiger partial charge in [-0.1, -0.05) is 12.1 Å². The van der Waals surface area contributed by atoms with Crippen LogP contribution in [0.1, 0.15) is 12.0 Å². The van der Waals surface area contributed by atoms with E-state index in [0.717, 1.165) is 11.3 Å². The molecule has 14 heavy (non-hydrogen) atoms. The van der Waals surface area contributed by atoms with Crippen LogP contribution in [-0.4, -0.2) is 13.7 Å². The highest BCUT2D eigenvalue weighted by Gasteiger charge is 1.95. The Labute approximate surface area is 83.9 Å². The molecule has 0 bridgehead atoms. The van der Waals surface area contributed by atoms with E-state index < -0.39 is 0 Å². The smallest absolute Gasteiger partial charge is 0.119 e. The number of benzene rings is 1. The van der Waals surface area contributed by atoms with E-state index >= 15 is 0 Å². The van der Waals surface area contributed by atoms with Crippen LogP contribution in [0, 0.1) is 11.3 Å². The van der Waals surface area contributed by atoms with E-state index in [1.54, 1.807) is 7.11 Å². The van der Waals surface area contributed by atoms with Crippen LogP contribution in [0.5, 0.6) is 5.75 Å². The second-order valence-corrected chi connectivity index (χ2v) is 2.84. The lowest BCUT2D eigenvalue weighted by Gasteiger charge is -2.05. The highest BCUT2D eigenvalue weighted by molar-refractivity contribution is 5.28. The van der Waals surface area contributed by atoms with E-state index in [9.17, 15) is 0 Å². The predicted molar refractivity (Wildman–Crippen MR) is 52.9 cm³/mol. The summed E-state index contributed by atoms with van der Waals surface area (Å²) in [6, 6.07) is 9.70. The molecule has 0 radical (unpaired) electrons.